The van der Waals surface area contributed by atoms with Crippen molar-refractivity contribution in [1.82, 2.24) is 4.90 Å². The predicted octanol–water partition coefficient (Wildman–Crippen LogP) is 3.28. The minimum absolute atomic E-state index is 0.129. The molecule has 1 atom stereocenters. The van der Waals surface area contributed by atoms with Gasteiger partial charge in [0.15, 0.2) is 0 Å². The number of hydrogen-bond acceptors (Lipinski definition) is 4. The largest absolute Gasteiger partial charge is 0.495 e. The zero-order valence-corrected chi connectivity index (χ0v) is 16.2. The minimum Gasteiger partial charge on any atom is -0.495 e. The summed E-state index contributed by atoms with van der Waals surface area (Å²) in [5.41, 5.74) is 1.91. The van der Waals surface area contributed by atoms with Crippen LogP contribution in [0.2, 0.25) is 0 Å². The molecule has 0 N–H and O–H groups in total. The highest BCUT2D eigenvalue weighted by Gasteiger charge is 2.44. The zero-order chi connectivity index (χ0) is 19.5. The van der Waals surface area contributed by atoms with Gasteiger partial charge >= 0.3 is 0 Å². The first kappa shape index (κ1) is 18.7. The molecule has 2 aromatic rings. The van der Waals surface area contributed by atoms with Gasteiger partial charge in [0.1, 0.15) is 5.75 Å². The Labute approximate surface area is 165 Å². The molecule has 2 heterocycles. The third-order valence-corrected chi connectivity index (χ3v) is 5.91. The second-order valence-corrected chi connectivity index (χ2v) is 7.63. The van der Waals surface area contributed by atoms with Crippen LogP contribution in [0.3, 0.4) is 0 Å². The van der Waals surface area contributed by atoms with E-state index in [9.17, 15) is 9.59 Å². The quantitative estimate of drug-likeness (QED) is 0.750. The molecule has 0 bridgehead atoms. The van der Waals surface area contributed by atoms with E-state index in [0.717, 1.165) is 32.4 Å². The SMILES string of the molecule is COc1ccccc1N1C(=O)C[C@H](N2CCC(Cc3ccccc3)CC2)C1=O. The van der Waals surface area contributed by atoms with Crippen LogP contribution >= 0.6 is 0 Å². The van der Waals surface area contributed by atoms with E-state index in [0.29, 0.717) is 17.4 Å². The maximum Gasteiger partial charge on any atom is 0.251 e. The van der Waals surface area contributed by atoms with Gasteiger partial charge in [-0.1, -0.05) is 42.5 Å². The standard InChI is InChI=1S/C23H26N2O3/c1-28-21-10-6-5-9-19(21)25-22(26)16-20(23(25)27)24-13-11-18(12-14-24)15-17-7-3-2-4-8-17/h2-10,18,20H,11-16H2,1H3/t20-/m0/s1. The highest BCUT2D eigenvalue weighted by Crippen LogP contribution is 2.34. The average molecular weight is 378 g/mol. The second kappa shape index (κ2) is 8.15. The van der Waals surface area contributed by atoms with Crippen LogP contribution in [0.25, 0.3) is 0 Å². The summed E-state index contributed by atoms with van der Waals surface area (Å²) in [7, 11) is 1.55. The fourth-order valence-corrected chi connectivity index (χ4v) is 4.38. The zero-order valence-electron chi connectivity index (χ0n) is 16.2. The molecule has 2 aliphatic heterocycles. The molecule has 5 heteroatoms. The molecule has 0 radical (unpaired) electrons. The molecule has 2 amide bonds. The van der Waals surface area contributed by atoms with Crippen molar-refractivity contribution < 1.29 is 14.3 Å². The number of likely N-dealkylation sites (tertiary alicyclic amines) is 1. The van der Waals surface area contributed by atoms with Crippen molar-refractivity contribution in [2.45, 2.75) is 31.7 Å². The van der Waals surface area contributed by atoms with Crippen LogP contribution in [0.4, 0.5) is 5.69 Å². The number of imide groups is 1. The first-order valence-electron chi connectivity index (χ1n) is 9.95. The van der Waals surface area contributed by atoms with E-state index in [1.807, 2.05) is 18.2 Å². The Bertz CT molecular complexity index is 844. The van der Waals surface area contributed by atoms with Crippen molar-refractivity contribution in [2.75, 3.05) is 25.1 Å². The Kier molecular flexibility index (Phi) is 5.44. The Morgan fingerprint density at radius 3 is 2.36 bits per heavy atom. The summed E-state index contributed by atoms with van der Waals surface area (Å²) < 4.78 is 5.35. The molecule has 2 saturated heterocycles. The molecule has 0 spiro atoms. The van der Waals surface area contributed by atoms with Gasteiger partial charge in [0, 0.05) is 0 Å². The minimum atomic E-state index is -0.352. The van der Waals surface area contributed by atoms with Crippen molar-refractivity contribution in [2.24, 2.45) is 5.92 Å². The number of piperidine rings is 1. The van der Waals surface area contributed by atoms with E-state index in [4.69, 9.17) is 4.74 Å². The number of para-hydroxylation sites is 2. The topological polar surface area (TPSA) is 49.9 Å². The van der Waals surface area contributed by atoms with Gasteiger partial charge < -0.3 is 4.74 Å². The van der Waals surface area contributed by atoms with E-state index in [1.165, 1.54) is 10.5 Å². The van der Waals surface area contributed by atoms with Crippen LogP contribution in [-0.4, -0.2) is 43.0 Å². The van der Waals surface area contributed by atoms with Crippen LogP contribution in [0.5, 0.6) is 5.75 Å². The van der Waals surface area contributed by atoms with Crippen LogP contribution in [0.1, 0.15) is 24.8 Å². The average Bonchev–Trinajstić information content (AvgIpc) is 3.03. The maximum atomic E-state index is 13.1. The molecule has 0 aliphatic carbocycles. The molecular formula is C23H26N2O3. The highest BCUT2D eigenvalue weighted by molar-refractivity contribution is 6.23. The summed E-state index contributed by atoms with van der Waals surface area (Å²) in [5.74, 6) is 0.907. The van der Waals surface area contributed by atoms with E-state index < -0.39 is 0 Å². The lowest BCUT2D eigenvalue weighted by Crippen LogP contribution is -2.46. The third kappa shape index (κ3) is 3.67. The number of rotatable bonds is 5. The number of amides is 2. The number of anilines is 1. The van der Waals surface area contributed by atoms with Crippen LogP contribution in [0, 0.1) is 5.92 Å². The van der Waals surface area contributed by atoms with E-state index >= 15 is 0 Å². The number of benzene rings is 2. The fourth-order valence-electron chi connectivity index (χ4n) is 4.38. The number of nitrogens with zero attached hydrogens (tertiary/aromatic N) is 2. The summed E-state index contributed by atoms with van der Waals surface area (Å²) in [6.07, 6.45) is 3.45. The van der Waals surface area contributed by atoms with Crippen molar-refractivity contribution in [1.29, 1.82) is 0 Å². The molecule has 2 fully saturated rings. The molecule has 0 saturated carbocycles. The Hall–Kier alpha value is -2.66. The first-order valence-corrected chi connectivity index (χ1v) is 9.95. The Morgan fingerprint density at radius 2 is 1.64 bits per heavy atom. The summed E-state index contributed by atoms with van der Waals surface area (Å²) >= 11 is 0. The normalized spacial score (nSPS) is 21.3. The van der Waals surface area contributed by atoms with E-state index in [-0.39, 0.29) is 24.3 Å². The van der Waals surface area contributed by atoms with Crippen LogP contribution in [0.15, 0.2) is 54.6 Å². The van der Waals surface area contributed by atoms with Gasteiger partial charge in [-0.05, 0) is 56.0 Å². The summed E-state index contributed by atoms with van der Waals surface area (Å²) in [5, 5.41) is 0. The van der Waals surface area contributed by atoms with Crippen LogP contribution in [-0.2, 0) is 16.0 Å². The molecule has 2 aliphatic rings. The lowest BCUT2D eigenvalue weighted by molar-refractivity contribution is -0.123. The molecule has 2 aromatic carbocycles. The molecule has 4 rings (SSSR count). The molecule has 28 heavy (non-hydrogen) atoms. The summed E-state index contributed by atoms with van der Waals surface area (Å²) in [6.45, 7) is 1.72. The summed E-state index contributed by atoms with van der Waals surface area (Å²) in [6, 6.07) is 17.4. The molecule has 5 nitrogen and oxygen atoms in total. The number of carbonyl (C=O) groups is 2. The van der Waals surface area contributed by atoms with Gasteiger partial charge in [0.25, 0.3) is 5.91 Å². The predicted molar refractivity (Wildman–Crippen MR) is 108 cm³/mol. The Balaban J connectivity index is 1.41. The van der Waals surface area contributed by atoms with Gasteiger partial charge in [-0.15, -0.1) is 0 Å². The lowest BCUT2D eigenvalue weighted by Gasteiger charge is -2.34. The van der Waals surface area contributed by atoms with E-state index in [2.05, 4.69) is 29.2 Å². The molecular weight excluding hydrogens is 352 g/mol. The number of hydrogen-bond donors (Lipinski definition) is 0. The number of ether oxygens (including phenoxy) is 1. The van der Waals surface area contributed by atoms with Gasteiger partial charge in [0.05, 0.1) is 25.3 Å². The number of methoxy groups -OCH3 is 1. The van der Waals surface area contributed by atoms with Gasteiger partial charge in [-0.25, -0.2) is 4.90 Å². The highest BCUT2D eigenvalue weighted by atomic mass is 16.5. The lowest BCUT2D eigenvalue weighted by atomic mass is 9.89. The molecule has 0 aromatic heterocycles. The van der Waals surface area contributed by atoms with Gasteiger partial charge in [0.2, 0.25) is 5.91 Å². The van der Waals surface area contributed by atoms with Crippen molar-refractivity contribution in [3.05, 3.63) is 60.2 Å². The number of carbonyl (C=O) groups excluding carboxylic acids is 2. The molecule has 0 unspecified atom stereocenters. The third-order valence-electron chi connectivity index (χ3n) is 5.91. The van der Waals surface area contributed by atoms with Gasteiger partial charge in [-0.3, -0.25) is 14.5 Å². The molecule has 146 valence electrons. The Morgan fingerprint density at radius 1 is 0.964 bits per heavy atom. The second-order valence-electron chi connectivity index (χ2n) is 7.63. The van der Waals surface area contributed by atoms with Gasteiger partial charge in [-0.2, -0.15) is 0 Å². The monoisotopic (exact) mass is 378 g/mol. The first-order chi connectivity index (χ1) is 13.7. The summed E-state index contributed by atoms with van der Waals surface area (Å²) in [4.78, 5) is 29.2. The smallest absolute Gasteiger partial charge is 0.251 e. The van der Waals surface area contributed by atoms with Crippen molar-refractivity contribution in [3.8, 4) is 5.75 Å². The van der Waals surface area contributed by atoms with Crippen molar-refractivity contribution in [3.63, 3.8) is 0 Å². The van der Waals surface area contributed by atoms with Crippen molar-refractivity contribution >= 4 is 17.5 Å². The van der Waals surface area contributed by atoms with Crippen LogP contribution < -0.4 is 9.64 Å². The maximum absolute atomic E-state index is 13.1. The fraction of sp³-hybridized carbons (Fsp3) is 0.391. The van der Waals surface area contributed by atoms with E-state index in [1.54, 1.807) is 19.2 Å².